The Labute approximate surface area is 151 Å². The molecule has 3 rings (SSSR count). The van der Waals surface area contributed by atoms with Gasteiger partial charge in [0.1, 0.15) is 11.0 Å². The highest BCUT2D eigenvalue weighted by molar-refractivity contribution is 6.01. The molecule has 10 heteroatoms. The average Bonchev–Trinajstić information content (AvgIpc) is 3.08. The van der Waals surface area contributed by atoms with Crippen molar-refractivity contribution >= 4 is 28.5 Å². The average molecular weight is 377 g/mol. The first kappa shape index (κ1) is 18.4. The molecule has 0 aliphatic carbocycles. The van der Waals surface area contributed by atoms with Crippen LogP contribution in [-0.2, 0) is 11.0 Å². The lowest BCUT2D eigenvalue weighted by Crippen LogP contribution is -2.35. The van der Waals surface area contributed by atoms with E-state index in [0.29, 0.717) is 11.0 Å². The van der Waals surface area contributed by atoms with Gasteiger partial charge in [0.25, 0.3) is 5.91 Å². The fraction of sp³-hybridized carbons (Fsp3) is 0.176. The van der Waals surface area contributed by atoms with E-state index in [1.807, 2.05) is 0 Å². The summed E-state index contributed by atoms with van der Waals surface area (Å²) in [5.41, 5.74) is 0.0274. The fourth-order valence-corrected chi connectivity index (χ4v) is 2.51. The zero-order valence-electron chi connectivity index (χ0n) is 14.0. The first-order valence-electron chi connectivity index (χ1n) is 7.78. The molecule has 2 N–H and O–H groups in total. The summed E-state index contributed by atoms with van der Waals surface area (Å²) in [5.74, 6) is -1.22. The van der Waals surface area contributed by atoms with Gasteiger partial charge in [0.05, 0.1) is 17.8 Å². The second kappa shape index (κ2) is 7.06. The van der Waals surface area contributed by atoms with Gasteiger partial charge in [-0.25, -0.2) is 0 Å². The van der Waals surface area contributed by atoms with E-state index in [1.165, 1.54) is 31.3 Å². The van der Waals surface area contributed by atoms with Crippen molar-refractivity contribution in [1.82, 2.24) is 20.3 Å². The van der Waals surface area contributed by atoms with Crippen molar-refractivity contribution in [2.24, 2.45) is 0 Å². The Morgan fingerprint density at radius 1 is 1.11 bits per heavy atom. The molecule has 2 aromatic carbocycles. The Morgan fingerprint density at radius 2 is 1.81 bits per heavy atom. The molecule has 0 aliphatic heterocycles. The Bertz CT molecular complexity index is 999. The number of carbonyl (C=O) groups is 2. The molecule has 0 atom stereocenters. The van der Waals surface area contributed by atoms with E-state index in [0.717, 1.165) is 17.0 Å². The van der Waals surface area contributed by atoms with Crippen molar-refractivity contribution in [1.29, 1.82) is 0 Å². The molecule has 27 heavy (non-hydrogen) atoms. The highest BCUT2D eigenvalue weighted by atomic mass is 19.4. The quantitative estimate of drug-likeness (QED) is 0.731. The third-order valence-corrected chi connectivity index (χ3v) is 3.80. The summed E-state index contributed by atoms with van der Waals surface area (Å²) in [4.78, 5) is 25.6. The van der Waals surface area contributed by atoms with Gasteiger partial charge in [-0.1, -0.05) is 12.1 Å². The molecule has 1 heterocycles. The zero-order chi connectivity index (χ0) is 19.6. The van der Waals surface area contributed by atoms with E-state index < -0.39 is 30.1 Å². The summed E-state index contributed by atoms with van der Waals surface area (Å²) in [5, 5.41) is 12.4. The molecule has 0 saturated heterocycles. The molecular weight excluding hydrogens is 363 g/mol. The fourth-order valence-electron chi connectivity index (χ4n) is 2.51. The molecular formula is C17H14F3N5O2. The van der Waals surface area contributed by atoms with Crippen LogP contribution in [0.3, 0.4) is 0 Å². The van der Waals surface area contributed by atoms with E-state index in [-0.39, 0.29) is 11.3 Å². The first-order chi connectivity index (χ1) is 12.8. The number of nitrogens with one attached hydrogen (secondary N) is 2. The maximum Gasteiger partial charge on any atom is 0.418 e. The number of aromatic nitrogens is 3. The lowest BCUT2D eigenvalue weighted by molar-refractivity contribution is -0.137. The third-order valence-electron chi connectivity index (χ3n) is 3.80. The molecule has 0 bridgehead atoms. The number of para-hydroxylation sites is 1. The number of nitrogens with zero attached hydrogens (tertiary/aromatic N) is 3. The van der Waals surface area contributed by atoms with Crippen molar-refractivity contribution in [3.05, 3.63) is 53.6 Å². The van der Waals surface area contributed by atoms with Crippen LogP contribution >= 0.6 is 0 Å². The van der Waals surface area contributed by atoms with Crippen molar-refractivity contribution in [2.45, 2.75) is 6.18 Å². The number of likely N-dealkylation sites (N-methyl/N-ethyl adjacent to an activating group) is 1. The van der Waals surface area contributed by atoms with E-state index >= 15 is 0 Å². The second-order valence-corrected chi connectivity index (χ2v) is 5.78. The van der Waals surface area contributed by atoms with Crippen LogP contribution in [-0.4, -0.2) is 45.7 Å². The third kappa shape index (κ3) is 4.05. The van der Waals surface area contributed by atoms with Crippen molar-refractivity contribution in [2.75, 3.05) is 18.9 Å². The summed E-state index contributed by atoms with van der Waals surface area (Å²) in [6.45, 7) is -0.415. The Hall–Kier alpha value is -3.43. The Balaban J connectivity index is 1.70. The van der Waals surface area contributed by atoms with E-state index in [2.05, 4.69) is 20.7 Å². The van der Waals surface area contributed by atoms with E-state index in [1.54, 1.807) is 6.07 Å². The van der Waals surface area contributed by atoms with Crippen molar-refractivity contribution in [3.8, 4) is 0 Å². The summed E-state index contributed by atoms with van der Waals surface area (Å²) in [7, 11) is 1.38. The normalized spacial score (nSPS) is 11.4. The number of aromatic amines is 1. The molecule has 0 aliphatic rings. The van der Waals surface area contributed by atoms with Crippen LogP contribution in [0.25, 0.3) is 11.0 Å². The molecule has 0 fully saturated rings. The number of alkyl halides is 3. The number of halogens is 3. The lowest BCUT2D eigenvalue weighted by atomic mass is 10.1. The number of H-pyrrole nitrogens is 1. The topological polar surface area (TPSA) is 91.0 Å². The molecule has 0 saturated carbocycles. The predicted molar refractivity (Wildman–Crippen MR) is 90.9 cm³/mol. The van der Waals surface area contributed by atoms with Gasteiger partial charge in [0, 0.05) is 12.6 Å². The number of fused-ring (bicyclic) bond motifs is 1. The second-order valence-electron chi connectivity index (χ2n) is 5.78. The minimum Gasteiger partial charge on any atom is -0.332 e. The van der Waals surface area contributed by atoms with E-state index in [4.69, 9.17) is 0 Å². The Kier molecular flexibility index (Phi) is 4.80. The molecule has 1 aromatic heterocycles. The largest absolute Gasteiger partial charge is 0.418 e. The van der Waals surface area contributed by atoms with Gasteiger partial charge in [0.2, 0.25) is 5.91 Å². The minimum atomic E-state index is -4.60. The van der Waals surface area contributed by atoms with Gasteiger partial charge in [-0.05, 0) is 30.3 Å². The summed E-state index contributed by atoms with van der Waals surface area (Å²) in [6, 6.07) is 9.27. The van der Waals surface area contributed by atoms with Crippen molar-refractivity contribution < 1.29 is 22.8 Å². The number of hydrogen-bond donors (Lipinski definition) is 2. The van der Waals surface area contributed by atoms with E-state index in [9.17, 15) is 22.8 Å². The molecule has 0 unspecified atom stereocenters. The maximum absolute atomic E-state index is 13.0. The van der Waals surface area contributed by atoms with Crippen LogP contribution in [0, 0.1) is 0 Å². The Morgan fingerprint density at radius 3 is 2.56 bits per heavy atom. The van der Waals surface area contributed by atoms with Gasteiger partial charge >= 0.3 is 6.18 Å². The molecule has 0 radical (unpaired) electrons. The zero-order valence-corrected chi connectivity index (χ0v) is 14.0. The summed E-state index contributed by atoms with van der Waals surface area (Å²) < 4.78 is 38.9. The number of anilines is 1. The predicted octanol–water partition coefficient (Wildman–Crippen LogP) is 2.69. The van der Waals surface area contributed by atoms with Crippen LogP contribution in [0.2, 0.25) is 0 Å². The number of amides is 2. The van der Waals surface area contributed by atoms with Crippen LogP contribution in [0.5, 0.6) is 0 Å². The molecule has 3 aromatic rings. The summed E-state index contributed by atoms with van der Waals surface area (Å²) >= 11 is 0. The van der Waals surface area contributed by atoms with Crippen LogP contribution in [0.4, 0.5) is 18.9 Å². The van der Waals surface area contributed by atoms with Crippen LogP contribution in [0.1, 0.15) is 15.9 Å². The van der Waals surface area contributed by atoms with Crippen LogP contribution < -0.4 is 5.32 Å². The molecule has 140 valence electrons. The highest BCUT2D eigenvalue weighted by Crippen LogP contribution is 2.34. The smallest absolute Gasteiger partial charge is 0.332 e. The number of benzene rings is 2. The van der Waals surface area contributed by atoms with Crippen LogP contribution in [0.15, 0.2) is 42.5 Å². The van der Waals surface area contributed by atoms with Gasteiger partial charge in [-0.3, -0.25) is 9.59 Å². The highest BCUT2D eigenvalue weighted by Gasteiger charge is 2.33. The summed E-state index contributed by atoms with van der Waals surface area (Å²) in [6.07, 6.45) is -4.60. The minimum absolute atomic E-state index is 0.280. The molecule has 0 spiro atoms. The molecule has 7 nitrogen and oxygen atoms in total. The van der Waals surface area contributed by atoms with Gasteiger partial charge in [0.15, 0.2) is 0 Å². The number of carbonyl (C=O) groups excluding carboxylic acids is 2. The van der Waals surface area contributed by atoms with Gasteiger partial charge in [-0.2, -0.15) is 28.6 Å². The SMILES string of the molecule is CN(CC(=O)Nc1ccccc1C(F)(F)F)C(=O)c1ccc2n[nH]nc2c1. The van der Waals surface area contributed by atoms with Crippen molar-refractivity contribution in [3.63, 3.8) is 0 Å². The van der Waals surface area contributed by atoms with Gasteiger partial charge in [-0.15, -0.1) is 0 Å². The standard InChI is InChI=1S/C17H14F3N5O2/c1-25(16(27)10-6-7-13-14(8-10)23-24-22-13)9-15(26)21-12-5-3-2-4-11(12)17(18,19)20/h2-8H,9H2,1H3,(H,21,26)(H,22,23,24). The maximum atomic E-state index is 13.0. The first-order valence-corrected chi connectivity index (χ1v) is 7.78. The van der Waals surface area contributed by atoms with Gasteiger partial charge < -0.3 is 10.2 Å². The monoisotopic (exact) mass is 377 g/mol. The molecule has 2 amide bonds. The number of rotatable bonds is 4. The lowest BCUT2D eigenvalue weighted by Gasteiger charge is -2.18. The number of hydrogen-bond acceptors (Lipinski definition) is 4.